The molecule has 2 aliphatic rings. The van der Waals surface area contributed by atoms with Crippen LogP contribution in [-0.4, -0.2) is 35.0 Å². The van der Waals surface area contributed by atoms with Gasteiger partial charge in [0.2, 0.25) is 0 Å². The van der Waals surface area contributed by atoms with Crippen molar-refractivity contribution in [3.8, 4) is 5.75 Å². The molecule has 2 atom stereocenters. The summed E-state index contributed by atoms with van der Waals surface area (Å²) in [6.45, 7) is 3.21. The lowest BCUT2D eigenvalue weighted by Crippen LogP contribution is -2.32. The molecule has 0 spiro atoms. The second-order valence-corrected chi connectivity index (χ2v) is 5.88. The third kappa shape index (κ3) is 2.32. The number of phenolic OH excluding ortho intramolecular Hbond substituents is 1. The highest BCUT2D eigenvalue weighted by Crippen LogP contribution is 2.41. The van der Waals surface area contributed by atoms with Crippen molar-refractivity contribution in [1.82, 2.24) is 4.90 Å². The Morgan fingerprint density at radius 2 is 2.11 bits per heavy atom. The van der Waals surface area contributed by atoms with E-state index in [4.69, 9.17) is 5.73 Å². The molecular weight excluding hydrogens is 240 g/mol. The average Bonchev–Trinajstić information content (AvgIpc) is 3.15. The molecule has 1 heterocycles. The van der Waals surface area contributed by atoms with Crippen LogP contribution in [0.3, 0.4) is 0 Å². The summed E-state index contributed by atoms with van der Waals surface area (Å²) in [5, 5.41) is 9.70. The quantitative estimate of drug-likeness (QED) is 0.847. The van der Waals surface area contributed by atoms with Gasteiger partial charge in [0.15, 0.2) is 0 Å². The van der Waals surface area contributed by atoms with E-state index in [1.807, 2.05) is 11.8 Å². The molecule has 0 bridgehead atoms. The molecule has 0 radical (unpaired) electrons. The van der Waals surface area contributed by atoms with E-state index in [9.17, 15) is 9.90 Å². The third-order valence-electron chi connectivity index (χ3n) is 4.38. The van der Waals surface area contributed by atoms with Gasteiger partial charge < -0.3 is 15.7 Å². The van der Waals surface area contributed by atoms with Gasteiger partial charge in [0.1, 0.15) is 5.75 Å². The van der Waals surface area contributed by atoms with Crippen molar-refractivity contribution in [3.63, 3.8) is 0 Å². The van der Waals surface area contributed by atoms with Crippen molar-refractivity contribution >= 4 is 5.91 Å². The first-order valence-corrected chi connectivity index (χ1v) is 6.90. The summed E-state index contributed by atoms with van der Waals surface area (Å²) < 4.78 is 0. The second-order valence-electron chi connectivity index (χ2n) is 5.88. The van der Waals surface area contributed by atoms with Gasteiger partial charge in [-0.1, -0.05) is 6.07 Å². The zero-order valence-corrected chi connectivity index (χ0v) is 11.2. The first-order valence-electron chi connectivity index (χ1n) is 6.90. The van der Waals surface area contributed by atoms with Crippen molar-refractivity contribution in [2.45, 2.75) is 25.8 Å². The lowest BCUT2D eigenvalue weighted by atomic mass is 9.99. The SMILES string of the molecule is Cc1ccc(C(=O)N2C[C@@H](N)[C@H](C3CC3)C2)cc1O. The monoisotopic (exact) mass is 260 g/mol. The molecule has 102 valence electrons. The number of phenols is 1. The zero-order chi connectivity index (χ0) is 13.6. The van der Waals surface area contributed by atoms with Gasteiger partial charge in [-0.25, -0.2) is 0 Å². The fourth-order valence-corrected chi connectivity index (χ4v) is 2.97. The highest BCUT2D eigenvalue weighted by molar-refractivity contribution is 5.95. The highest BCUT2D eigenvalue weighted by atomic mass is 16.3. The molecule has 1 aromatic rings. The minimum absolute atomic E-state index is 0.0195. The van der Waals surface area contributed by atoms with Crippen LogP contribution in [0.25, 0.3) is 0 Å². The van der Waals surface area contributed by atoms with Crippen molar-refractivity contribution in [1.29, 1.82) is 0 Å². The normalized spacial score (nSPS) is 26.7. The summed E-state index contributed by atoms with van der Waals surface area (Å²) in [5.41, 5.74) is 7.47. The number of aromatic hydroxyl groups is 1. The Morgan fingerprint density at radius 1 is 1.37 bits per heavy atom. The number of aryl methyl sites for hydroxylation is 1. The van der Waals surface area contributed by atoms with Crippen LogP contribution >= 0.6 is 0 Å². The molecule has 1 aliphatic carbocycles. The summed E-state index contributed by atoms with van der Waals surface area (Å²) in [6.07, 6.45) is 2.51. The van der Waals surface area contributed by atoms with E-state index >= 15 is 0 Å². The molecule has 0 aromatic heterocycles. The number of nitrogens with two attached hydrogens (primary N) is 1. The Bertz CT molecular complexity index is 511. The summed E-state index contributed by atoms with van der Waals surface area (Å²) in [4.78, 5) is 14.2. The van der Waals surface area contributed by atoms with Gasteiger partial charge >= 0.3 is 0 Å². The Hall–Kier alpha value is -1.55. The minimum Gasteiger partial charge on any atom is -0.508 e. The van der Waals surface area contributed by atoms with Crippen molar-refractivity contribution in [3.05, 3.63) is 29.3 Å². The molecular formula is C15H20N2O2. The second kappa shape index (κ2) is 4.53. The molecule has 1 amide bonds. The van der Waals surface area contributed by atoms with Gasteiger partial charge in [0.05, 0.1) is 0 Å². The standard InChI is InChI=1S/C15H20N2O2/c1-9-2-3-11(6-14(9)18)15(19)17-7-12(10-4-5-10)13(16)8-17/h2-3,6,10,12-13,18H,4-5,7-8,16H2,1H3/t12-,13+/m0/s1. The van der Waals surface area contributed by atoms with Gasteiger partial charge in [-0.15, -0.1) is 0 Å². The number of hydrogen-bond acceptors (Lipinski definition) is 3. The summed E-state index contributed by atoms with van der Waals surface area (Å²) in [7, 11) is 0. The highest BCUT2D eigenvalue weighted by Gasteiger charge is 2.42. The van der Waals surface area contributed by atoms with Gasteiger partial charge in [0, 0.05) is 24.7 Å². The molecule has 1 saturated heterocycles. The molecule has 1 aromatic carbocycles. The summed E-state index contributed by atoms with van der Waals surface area (Å²) >= 11 is 0. The Morgan fingerprint density at radius 3 is 2.74 bits per heavy atom. The van der Waals surface area contributed by atoms with E-state index in [2.05, 4.69) is 0 Å². The largest absolute Gasteiger partial charge is 0.508 e. The van der Waals surface area contributed by atoms with E-state index in [0.29, 0.717) is 18.0 Å². The molecule has 3 N–H and O–H groups in total. The molecule has 1 saturated carbocycles. The maximum absolute atomic E-state index is 12.4. The van der Waals surface area contributed by atoms with Crippen LogP contribution in [0.1, 0.15) is 28.8 Å². The van der Waals surface area contributed by atoms with Crippen molar-refractivity contribution in [2.75, 3.05) is 13.1 Å². The molecule has 0 unspecified atom stereocenters. The lowest BCUT2D eigenvalue weighted by molar-refractivity contribution is 0.0784. The molecule has 4 heteroatoms. The Kier molecular flexibility index (Phi) is 2.97. The zero-order valence-electron chi connectivity index (χ0n) is 11.2. The van der Waals surface area contributed by atoms with Crippen LogP contribution in [0.15, 0.2) is 18.2 Å². The van der Waals surface area contributed by atoms with Crippen LogP contribution in [-0.2, 0) is 0 Å². The fraction of sp³-hybridized carbons (Fsp3) is 0.533. The van der Waals surface area contributed by atoms with Gasteiger partial charge in [-0.05, 0) is 49.3 Å². The van der Waals surface area contributed by atoms with E-state index < -0.39 is 0 Å². The van der Waals surface area contributed by atoms with E-state index in [1.54, 1.807) is 18.2 Å². The van der Waals surface area contributed by atoms with Gasteiger partial charge in [0.25, 0.3) is 5.91 Å². The van der Waals surface area contributed by atoms with Gasteiger partial charge in [-0.3, -0.25) is 4.79 Å². The number of likely N-dealkylation sites (tertiary alicyclic amines) is 1. The molecule has 1 aliphatic heterocycles. The smallest absolute Gasteiger partial charge is 0.254 e. The summed E-state index contributed by atoms with van der Waals surface area (Å²) in [6, 6.07) is 5.20. The summed E-state index contributed by atoms with van der Waals surface area (Å²) in [5.74, 6) is 1.34. The third-order valence-corrected chi connectivity index (χ3v) is 4.38. The number of carbonyl (C=O) groups excluding carboxylic acids is 1. The predicted octanol–water partition coefficient (Wildman–Crippen LogP) is 1.51. The maximum Gasteiger partial charge on any atom is 0.254 e. The van der Waals surface area contributed by atoms with E-state index in [1.165, 1.54) is 12.8 Å². The van der Waals surface area contributed by atoms with E-state index in [-0.39, 0.29) is 17.7 Å². The topological polar surface area (TPSA) is 66.6 Å². The molecule has 4 nitrogen and oxygen atoms in total. The van der Waals surface area contributed by atoms with E-state index in [0.717, 1.165) is 18.0 Å². The van der Waals surface area contributed by atoms with Crippen LogP contribution in [0.4, 0.5) is 0 Å². The average molecular weight is 260 g/mol. The van der Waals surface area contributed by atoms with Crippen LogP contribution < -0.4 is 5.73 Å². The molecule has 2 fully saturated rings. The van der Waals surface area contributed by atoms with Gasteiger partial charge in [-0.2, -0.15) is 0 Å². The Labute approximate surface area is 113 Å². The molecule has 3 rings (SSSR count). The number of rotatable bonds is 2. The predicted molar refractivity (Wildman–Crippen MR) is 72.9 cm³/mol. The first kappa shape index (κ1) is 12.5. The number of nitrogens with zero attached hydrogens (tertiary/aromatic N) is 1. The number of benzene rings is 1. The van der Waals surface area contributed by atoms with Crippen LogP contribution in [0.2, 0.25) is 0 Å². The number of carbonyl (C=O) groups is 1. The maximum atomic E-state index is 12.4. The number of amides is 1. The number of hydrogen-bond donors (Lipinski definition) is 2. The minimum atomic E-state index is -0.0195. The van der Waals surface area contributed by atoms with Crippen molar-refractivity contribution < 1.29 is 9.90 Å². The van der Waals surface area contributed by atoms with Crippen LogP contribution in [0, 0.1) is 18.8 Å². The van der Waals surface area contributed by atoms with Crippen LogP contribution in [0.5, 0.6) is 5.75 Å². The lowest BCUT2D eigenvalue weighted by Gasteiger charge is -2.16. The first-order chi connectivity index (χ1) is 9.06. The van der Waals surface area contributed by atoms with Crippen molar-refractivity contribution in [2.24, 2.45) is 17.6 Å². The molecule has 19 heavy (non-hydrogen) atoms. The fourth-order valence-electron chi connectivity index (χ4n) is 2.97. The Balaban J connectivity index is 1.75.